The van der Waals surface area contributed by atoms with Crippen LogP contribution in [0.5, 0.6) is 0 Å². The van der Waals surface area contributed by atoms with E-state index in [1.807, 2.05) is 23.0 Å². The molecule has 5 rings (SSSR count). The van der Waals surface area contributed by atoms with E-state index in [0.29, 0.717) is 31.4 Å². The number of ether oxygens (including phenoxy) is 2. The number of piperidine rings is 1. The van der Waals surface area contributed by atoms with Gasteiger partial charge in [-0.1, -0.05) is 11.2 Å². The molecule has 4 heterocycles. The number of methoxy groups -OCH3 is 1. The molecule has 2 aliphatic rings. The number of hydrogen-bond donors (Lipinski definition) is 0. The first-order valence-electron chi connectivity index (χ1n) is 9.95. The summed E-state index contributed by atoms with van der Waals surface area (Å²) in [7, 11) is 1.41. The zero-order valence-corrected chi connectivity index (χ0v) is 16.3. The van der Waals surface area contributed by atoms with Crippen LogP contribution in [0.25, 0.3) is 22.4 Å². The quantitative estimate of drug-likeness (QED) is 0.670. The molecule has 1 aromatic carbocycles. The highest BCUT2D eigenvalue weighted by Gasteiger charge is 2.28. The third kappa shape index (κ3) is 3.35. The number of rotatable bonds is 3. The third-order valence-corrected chi connectivity index (χ3v) is 5.83. The fraction of sp³-hybridized carbons (Fsp3) is 0.500. The second-order valence-corrected chi connectivity index (χ2v) is 7.57. The van der Waals surface area contributed by atoms with E-state index in [1.54, 1.807) is 4.90 Å². The summed E-state index contributed by atoms with van der Waals surface area (Å²) in [6.07, 6.45) is 4.15. The molecule has 3 aromatic rings. The Morgan fingerprint density at radius 3 is 2.86 bits per heavy atom. The topological polar surface area (TPSA) is 95.5 Å². The average molecular weight is 397 g/mol. The van der Waals surface area contributed by atoms with E-state index in [2.05, 4.69) is 21.3 Å². The summed E-state index contributed by atoms with van der Waals surface area (Å²) in [6, 6.07) is 6.33. The van der Waals surface area contributed by atoms with E-state index < -0.39 is 0 Å². The summed E-state index contributed by atoms with van der Waals surface area (Å²) in [5, 5.41) is 9.84. The predicted molar refractivity (Wildman–Crippen MR) is 103 cm³/mol. The maximum absolute atomic E-state index is 11.6. The van der Waals surface area contributed by atoms with Gasteiger partial charge in [0.1, 0.15) is 0 Å². The van der Waals surface area contributed by atoms with Crippen molar-refractivity contribution in [1.82, 2.24) is 24.8 Å². The van der Waals surface area contributed by atoms with E-state index in [1.165, 1.54) is 7.11 Å². The smallest absolute Gasteiger partial charge is 0.409 e. The molecule has 0 spiro atoms. The first kappa shape index (κ1) is 18.1. The molecule has 2 aromatic heterocycles. The van der Waals surface area contributed by atoms with Crippen molar-refractivity contribution in [3.8, 4) is 11.5 Å². The predicted octanol–water partition coefficient (Wildman–Crippen LogP) is 2.99. The van der Waals surface area contributed by atoms with Crippen molar-refractivity contribution >= 4 is 17.0 Å². The van der Waals surface area contributed by atoms with Crippen molar-refractivity contribution < 1.29 is 18.8 Å². The van der Waals surface area contributed by atoms with E-state index in [-0.39, 0.29) is 18.1 Å². The molecule has 2 aliphatic heterocycles. The summed E-state index contributed by atoms with van der Waals surface area (Å²) >= 11 is 0. The summed E-state index contributed by atoms with van der Waals surface area (Å²) in [6.45, 7) is 2.73. The standard InChI is InChI=1S/C20H23N5O4/c1-27-20(26)24-7-4-13(5-8-24)18-22-19(29-23-18)14-2-3-15-11-21-25(17(15)10-14)16-6-9-28-12-16/h2-3,10-11,13,16H,4-9,12H2,1H3/t16-/m1/s1. The molecule has 9 heteroatoms. The molecule has 152 valence electrons. The largest absolute Gasteiger partial charge is 0.453 e. The maximum Gasteiger partial charge on any atom is 0.409 e. The minimum absolute atomic E-state index is 0.179. The van der Waals surface area contributed by atoms with Crippen LogP contribution in [-0.4, -0.2) is 64.3 Å². The SMILES string of the molecule is COC(=O)N1CCC(c2noc(-c3ccc4cnn([C@@H]5CCOC5)c4c3)n2)CC1. The summed E-state index contributed by atoms with van der Waals surface area (Å²) in [5.41, 5.74) is 1.92. The van der Waals surface area contributed by atoms with Crippen molar-refractivity contribution in [3.05, 3.63) is 30.2 Å². The summed E-state index contributed by atoms with van der Waals surface area (Å²) in [4.78, 5) is 18.0. The molecule has 29 heavy (non-hydrogen) atoms. The van der Waals surface area contributed by atoms with Gasteiger partial charge in [0.05, 0.1) is 31.5 Å². The normalized spacial score (nSPS) is 20.4. The molecule has 1 atom stereocenters. The number of amides is 1. The van der Waals surface area contributed by atoms with Crippen LogP contribution in [-0.2, 0) is 9.47 Å². The first-order chi connectivity index (χ1) is 14.2. The molecule has 1 amide bonds. The molecule has 0 unspecified atom stereocenters. The Bertz CT molecular complexity index is 1010. The third-order valence-electron chi connectivity index (χ3n) is 5.83. The highest BCUT2D eigenvalue weighted by Crippen LogP contribution is 2.30. The van der Waals surface area contributed by atoms with Gasteiger partial charge in [-0.2, -0.15) is 10.1 Å². The van der Waals surface area contributed by atoms with Crippen LogP contribution in [0.4, 0.5) is 4.79 Å². The number of aromatic nitrogens is 4. The molecular weight excluding hydrogens is 374 g/mol. The van der Waals surface area contributed by atoms with Crippen LogP contribution in [0.15, 0.2) is 28.9 Å². The van der Waals surface area contributed by atoms with Crippen molar-refractivity contribution in [2.75, 3.05) is 33.4 Å². The Kier molecular flexibility index (Phi) is 4.67. The van der Waals surface area contributed by atoms with Gasteiger partial charge in [-0.15, -0.1) is 0 Å². The Labute approximate surface area is 167 Å². The highest BCUT2D eigenvalue weighted by atomic mass is 16.5. The average Bonchev–Trinajstić information content (AvgIpc) is 3.53. The number of carbonyl (C=O) groups excluding carboxylic acids is 1. The lowest BCUT2D eigenvalue weighted by Crippen LogP contribution is -2.37. The maximum atomic E-state index is 11.6. The van der Waals surface area contributed by atoms with Crippen LogP contribution in [0.3, 0.4) is 0 Å². The number of benzene rings is 1. The number of fused-ring (bicyclic) bond motifs is 1. The van der Waals surface area contributed by atoms with Gasteiger partial charge in [0, 0.05) is 36.6 Å². The van der Waals surface area contributed by atoms with Gasteiger partial charge in [0.2, 0.25) is 0 Å². The van der Waals surface area contributed by atoms with Gasteiger partial charge < -0.3 is 18.9 Å². The molecule has 0 saturated carbocycles. The lowest BCUT2D eigenvalue weighted by Gasteiger charge is -2.29. The molecule has 9 nitrogen and oxygen atoms in total. The van der Waals surface area contributed by atoms with E-state index in [0.717, 1.165) is 42.3 Å². The van der Waals surface area contributed by atoms with Crippen LogP contribution < -0.4 is 0 Å². The van der Waals surface area contributed by atoms with Crippen molar-refractivity contribution in [3.63, 3.8) is 0 Å². The van der Waals surface area contributed by atoms with Gasteiger partial charge in [-0.05, 0) is 31.4 Å². The Morgan fingerprint density at radius 1 is 1.24 bits per heavy atom. The van der Waals surface area contributed by atoms with E-state index in [4.69, 9.17) is 14.0 Å². The fourth-order valence-corrected chi connectivity index (χ4v) is 4.14. The lowest BCUT2D eigenvalue weighted by molar-refractivity contribution is 0.111. The lowest BCUT2D eigenvalue weighted by atomic mass is 9.96. The van der Waals surface area contributed by atoms with E-state index >= 15 is 0 Å². The van der Waals surface area contributed by atoms with Crippen LogP contribution in [0.2, 0.25) is 0 Å². The van der Waals surface area contributed by atoms with Crippen LogP contribution in [0, 0.1) is 0 Å². The zero-order valence-electron chi connectivity index (χ0n) is 16.3. The summed E-state index contributed by atoms with van der Waals surface area (Å²) < 4.78 is 17.9. The monoisotopic (exact) mass is 397 g/mol. The first-order valence-corrected chi connectivity index (χ1v) is 9.95. The van der Waals surface area contributed by atoms with E-state index in [9.17, 15) is 4.79 Å². The summed E-state index contributed by atoms with van der Waals surface area (Å²) in [5.74, 6) is 1.38. The molecule has 0 bridgehead atoms. The molecule has 0 N–H and O–H groups in total. The van der Waals surface area contributed by atoms with Crippen molar-refractivity contribution in [1.29, 1.82) is 0 Å². The van der Waals surface area contributed by atoms with Gasteiger partial charge in [-0.3, -0.25) is 4.68 Å². The Hall–Kier alpha value is -2.94. The number of hydrogen-bond acceptors (Lipinski definition) is 7. The second kappa shape index (κ2) is 7.47. The Balaban J connectivity index is 1.36. The van der Waals surface area contributed by atoms with Crippen molar-refractivity contribution in [2.45, 2.75) is 31.2 Å². The zero-order chi connectivity index (χ0) is 19.8. The van der Waals surface area contributed by atoms with Gasteiger partial charge in [0.15, 0.2) is 5.82 Å². The van der Waals surface area contributed by atoms with Crippen LogP contribution >= 0.6 is 0 Å². The van der Waals surface area contributed by atoms with Crippen LogP contribution in [0.1, 0.15) is 37.0 Å². The van der Waals surface area contributed by atoms with Gasteiger partial charge >= 0.3 is 6.09 Å². The minimum atomic E-state index is -0.283. The minimum Gasteiger partial charge on any atom is -0.453 e. The van der Waals surface area contributed by atoms with Gasteiger partial charge in [0.25, 0.3) is 5.89 Å². The number of carbonyl (C=O) groups is 1. The molecule has 2 saturated heterocycles. The molecule has 2 fully saturated rings. The number of likely N-dealkylation sites (tertiary alicyclic amines) is 1. The second-order valence-electron chi connectivity index (χ2n) is 7.57. The van der Waals surface area contributed by atoms with Crippen molar-refractivity contribution in [2.24, 2.45) is 0 Å². The van der Waals surface area contributed by atoms with Gasteiger partial charge in [-0.25, -0.2) is 4.79 Å². The fourth-order valence-electron chi connectivity index (χ4n) is 4.14. The molecular formula is C20H23N5O4. The number of nitrogens with zero attached hydrogens (tertiary/aromatic N) is 5. The highest BCUT2D eigenvalue weighted by molar-refractivity contribution is 5.83. The Morgan fingerprint density at radius 2 is 2.10 bits per heavy atom. The molecule has 0 aliphatic carbocycles. The molecule has 0 radical (unpaired) electrons.